The molecule has 0 saturated carbocycles. The monoisotopic (exact) mass is 332 g/mol. The number of carbonyl (C=O) groups is 1. The highest BCUT2D eigenvalue weighted by atomic mass is 32.2. The summed E-state index contributed by atoms with van der Waals surface area (Å²) in [6.07, 6.45) is 0.0689. The van der Waals surface area contributed by atoms with Crippen LogP contribution in [0, 0.1) is 13.8 Å². The lowest BCUT2D eigenvalue weighted by Crippen LogP contribution is -2.27. The van der Waals surface area contributed by atoms with Gasteiger partial charge in [-0.25, -0.2) is 13.1 Å². The molecule has 0 radical (unpaired) electrons. The molecule has 2 aromatic carbocycles. The van der Waals surface area contributed by atoms with Gasteiger partial charge in [0.15, 0.2) is 0 Å². The highest BCUT2D eigenvalue weighted by Gasteiger charge is 2.13. The van der Waals surface area contributed by atoms with Gasteiger partial charge in [0.05, 0.1) is 4.90 Å². The predicted octanol–water partition coefficient (Wildman–Crippen LogP) is 2.61. The van der Waals surface area contributed by atoms with Crippen LogP contribution in [0.4, 0.5) is 5.69 Å². The van der Waals surface area contributed by atoms with E-state index in [0.29, 0.717) is 0 Å². The second-order valence-corrected chi connectivity index (χ2v) is 7.02. The Labute approximate surface area is 136 Å². The molecule has 0 fully saturated rings. The summed E-state index contributed by atoms with van der Waals surface area (Å²) >= 11 is 0. The summed E-state index contributed by atoms with van der Waals surface area (Å²) in [5, 5.41) is 2.80. The van der Waals surface area contributed by atoms with Gasteiger partial charge in [-0.1, -0.05) is 30.3 Å². The van der Waals surface area contributed by atoms with Crippen molar-refractivity contribution in [1.82, 2.24) is 4.72 Å². The van der Waals surface area contributed by atoms with E-state index in [1.165, 1.54) is 12.1 Å². The van der Waals surface area contributed by atoms with Crippen molar-refractivity contribution in [3.63, 3.8) is 0 Å². The molecule has 2 aromatic rings. The molecule has 0 aliphatic heterocycles. The summed E-state index contributed by atoms with van der Waals surface area (Å²) < 4.78 is 26.5. The highest BCUT2D eigenvalue weighted by Crippen LogP contribution is 2.18. The molecule has 2 rings (SSSR count). The molecule has 0 spiro atoms. The maximum Gasteiger partial charge on any atom is 0.240 e. The number of nitrogens with one attached hydrogen (secondary N) is 2. The van der Waals surface area contributed by atoms with Crippen LogP contribution in [-0.4, -0.2) is 20.9 Å². The minimum Gasteiger partial charge on any atom is -0.326 e. The van der Waals surface area contributed by atoms with Crippen LogP contribution in [0.15, 0.2) is 53.4 Å². The number of sulfonamides is 1. The Kier molecular flexibility index (Phi) is 5.52. The van der Waals surface area contributed by atoms with Crippen LogP contribution in [0.1, 0.15) is 17.5 Å². The quantitative estimate of drug-likeness (QED) is 0.854. The number of hydrogen-bond acceptors (Lipinski definition) is 3. The van der Waals surface area contributed by atoms with Crippen molar-refractivity contribution in [2.45, 2.75) is 25.2 Å². The summed E-state index contributed by atoms with van der Waals surface area (Å²) in [7, 11) is -3.57. The molecule has 2 N–H and O–H groups in total. The second-order valence-electron chi connectivity index (χ2n) is 5.26. The third-order valence-corrected chi connectivity index (χ3v) is 5.05. The molecule has 0 aliphatic carbocycles. The van der Waals surface area contributed by atoms with E-state index in [4.69, 9.17) is 0 Å². The molecule has 0 unspecified atom stereocenters. The van der Waals surface area contributed by atoms with Gasteiger partial charge >= 0.3 is 0 Å². The molecule has 0 aromatic heterocycles. The molecular formula is C17H20N2O3S. The highest BCUT2D eigenvalue weighted by molar-refractivity contribution is 7.89. The number of hydrogen-bond donors (Lipinski definition) is 2. The zero-order valence-corrected chi connectivity index (χ0v) is 14.0. The van der Waals surface area contributed by atoms with Gasteiger partial charge < -0.3 is 5.32 Å². The fraction of sp³-hybridized carbons (Fsp3) is 0.235. The van der Waals surface area contributed by atoms with Crippen molar-refractivity contribution in [3.05, 3.63) is 59.7 Å². The number of anilines is 1. The number of carbonyl (C=O) groups excluding carboxylic acids is 1. The molecule has 23 heavy (non-hydrogen) atoms. The van der Waals surface area contributed by atoms with Crippen LogP contribution >= 0.6 is 0 Å². The van der Waals surface area contributed by atoms with Gasteiger partial charge in [0.1, 0.15) is 0 Å². The molecular weight excluding hydrogens is 312 g/mol. The Balaban J connectivity index is 1.89. The topological polar surface area (TPSA) is 75.3 Å². The van der Waals surface area contributed by atoms with E-state index in [1.54, 1.807) is 18.2 Å². The number of amides is 1. The van der Waals surface area contributed by atoms with Crippen molar-refractivity contribution >= 4 is 21.6 Å². The average molecular weight is 332 g/mol. The predicted molar refractivity (Wildman–Crippen MR) is 90.8 cm³/mol. The third-order valence-electron chi connectivity index (χ3n) is 3.58. The first-order valence-corrected chi connectivity index (χ1v) is 8.79. The van der Waals surface area contributed by atoms with Gasteiger partial charge in [-0.05, 0) is 43.2 Å². The number of rotatable bonds is 6. The first kappa shape index (κ1) is 17.2. The lowest BCUT2D eigenvalue weighted by molar-refractivity contribution is -0.116. The summed E-state index contributed by atoms with van der Waals surface area (Å²) in [6, 6.07) is 13.8. The standard InChI is InChI=1S/C17H20N2O3S/c1-13-7-6-10-16(14(13)2)19-17(20)11-12-18-23(21,22)15-8-4-3-5-9-15/h3-10,18H,11-12H2,1-2H3,(H,19,20). The minimum atomic E-state index is -3.57. The van der Waals surface area contributed by atoms with E-state index >= 15 is 0 Å². The van der Waals surface area contributed by atoms with Gasteiger partial charge in [-0.15, -0.1) is 0 Å². The van der Waals surface area contributed by atoms with Crippen LogP contribution in [0.3, 0.4) is 0 Å². The molecule has 0 aliphatic rings. The number of benzene rings is 2. The van der Waals surface area contributed by atoms with Crippen molar-refractivity contribution in [1.29, 1.82) is 0 Å². The smallest absolute Gasteiger partial charge is 0.240 e. The first-order chi connectivity index (χ1) is 10.9. The van der Waals surface area contributed by atoms with Gasteiger partial charge in [-0.2, -0.15) is 0 Å². The van der Waals surface area contributed by atoms with Crippen molar-refractivity contribution < 1.29 is 13.2 Å². The fourth-order valence-corrected chi connectivity index (χ4v) is 3.13. The lowest BCUT2D eigenvalue weighted by Gasteiger charge is -2.11. The van der Waals surface area contributed by atoms with Gasteiger partial charge in [0.2, 0.25) is 15.9 Å². The van der Waals surface area contributed by atoms with Crippen LogP contribution in [0.2, 0.25) is 0 Å². The maximum atomic E-state index is 12.0. The van der Waals surface area contributed by atoms with Crippen molar-refractivity contribution in [2.24, 2.45) is 0 Å². The van der Waals surface area contributed by atoms with Crippen LogP contribution in [0.25, 0.3) is 0 Å². The summed E-state index contributed by atoms with van der Waals surface area (Å²) in [4.78, 5) is 12.1. The number of aryl methyl sites for hydroxylation is 1. The van der Waals surface area contributed by atoms with Gasteiger partial charge in [-0.3, -0.25) is 4.79 Å². The molecule has 1 amide bonds. The molecule has 122 valence electrons. The van der Waals surface area contributed by atoms with Gasteiger partial charge in [0, 0.05) is 18.7 Å². The molecule has 0 atom stereocenters. The van der Waals surface area contributed by atoms with Crippen LogP contribution in [0.5, 0.6) is 0 Å². The molecule has 6 heteroatoms. The Morgan fingerprint density at radius 1 is 1.00 bits per heavy atom. The Morgan fingerprint density at radius 3 is 2.39 bits per heavy atom. The van der Waals surface area contributed by atoms with Crippen LogP contribution < -0.4 is 10.0 Å². The maximum absolute atomic E-state index is 12.0. The van der Waals surface area contributed by atoms with Crippen molar-refractivity contribution in [3.8, 4) is 0 Å². The van der Waals surface area contributed by atoms with E-state index in [9.17, 15) is 13.2 Å². The Bertz CT molecular complexity index is 787. The van der Waals surface area contributed by atoms with E-state index in [0.717, 1.165) is 16.8 Å². The van der Waals surface area contributed by atoms with E-state index in [-0.39, 0.29) is 23.8 Å². The fourth-order valence-electron chi connectivity index (χ4n) is 2.08. The van der Waals surface area contributed by atoms with E-state index < -0.39 is 10.0 Å². The average Bonchev–Trinajstić information content (AvgIpc) is 2.52. The van der Waals surface area contributed by atoms with E-state index in [2.05, 4.69) is 10.0 Å². The largest absolute Gasteiger partial charge is 0.326 e. The molecule has 0 bridgehead atoms. The Hall–Kier alpha value is -2.18. The summed E-state index contributed by atoms with van der Waals surface area (Å²) in [6.45, 7) is 3.95. The van der Waals surface area contributed by atoms with E-state index in [1.807, 2.05) is 32.0 Å². The molecule has 5 nitrogen and oxygen atoms in total. The first-order valence-electron chi connectivity index (χ1n) is 7.31. The Morgan fingerprint density at radius 2 is 1.70 bits per heavy atom. The SMILES string of the molecule is Cc1cccc(NC(=O)CCNS(=O)(=O)c2ccccc2)c1C. The second kappa shape index (κ2) is 7.39. The van der Waals surface area contributed by atoms with Gasteiger partial charge in [0.25, 0.3) is 0 Å². The minimum absolute atomic E-state index is 0.0495. The normalized spacial score (nSPS) is 11.2. The summed E-state index contributed by atoms with van der Waals surface area (Å²) in [5.41, 5.74) is 2.85. The zero-order valence-electron chi connectivity index (χ0n) is 13.2. The summed E-state index contributed by atoms with van der Waals surface area (Å²) in [5.74, 6) is -0.227. The molecule has 0 saturated heterocycles. The lowest BCUT2D eigenvalue weighted by atomic mass is 10.1. The molecule has 0 heterocycles. The van der Waals surface area contributed by atoms with Crippen LogP contribution in [-0.2, 0) is 14.8 Å². The van der Waals surface area contributed by atoms with Crippen molar-refractivity contribution in [2.75, 3.05) is 11.9 Å². The third kappa shape index (κ3) is 4.64. The zero-order chi connectivity index (χ0) is 16.9.